The van der Waals surface area contributed by atoms with E-state index in [9.17, 15) is 34.2 Å². The number of rotatable bonds is 10. The summed E-state index contributed by atoms with van der Waals surface area (Å²) in [5.41, 5.74) is 1.31. The van der Waals surface area contributed by atoms with E-state index in [1.54, 1.807) is 28.1 Å². The molecule has 0 spiro atoms. The first kappa shape index (κ1) is 62.6. The van der Waals surface area contributed by atoms with Crippen LogP contribution >= 0.6 is 0 Å². The van der Waals surface area contributed by atoms with Crippen LogP contribution in [0.5, 0.6) is 0 Å². The topological polar surface area (TPSA) is 184 Å². The molecule has 1 aliphatic carbocycles. The lowest BCUT2D eigenvalue weighted by atomic mass is 9.78. The molecule has 15 atom stereocenters. The van der Waals surface area contributed by atoms with Gasteiger partial charge in [-0.05, 0) is 146 Å². The lowest BCUT2D eigenvalue weighted by Gasteiger charge is -2.42. The molecule has 0 aromatic heterocycles. The van der Waals surface area contributed by atoms with Gasteiger partial charge in [-0.15, -0.1) is 0 Å². The minimum absolute atomic E-state index is 0.0131. The fraction of sp³-hybridized carbons (Fsp3) is 0.772. The quantitative estimate of drug-likeness (QED) is 0.120. The van der Waals surface area contributed by atoms with Crippen molar-refractivity contribution in [3.8, 4) is 0 Å². The molecule has 3 aliphatic heterocycles. The van der Waals surface area contributed by atoms with Crippen LogP contribution < -0.4 is 0 Å². The Kier molecular flexibility index (Phi) is 23.9. The number of amides is 1. The number of hydrogen-bond donors (Lipinski definition) is 2. The molecule has 414 valence electrons. The fourth-order valence-corrected chi connectivity index (χ4v) is 13.8. The molecule has 4 aliphatic rings. The largest absolute Gasteiger partial charge is 0.460 e. The van der Waals surface area contributed by atoms with E-state index in [0.29, 0.717) is 50.5 Å². The number of methoxy groups -OCH3 is 2. The average molecular weight is 1060 g/mol. The summed E-state index contributed by atoms with van der Waals surface area (Å²) in [4.78, 5) is 73.5. The van der Waals surface area contributed by atoms with Gasteiger partial charge in [0.25, 0.3) is 11.7 Å². The van der Waals surface area contributed by atoms with Gasteiger partial charge in [-0.2, -0.15) is 0 Å². The first-order chi connectivity index (χ1) is 34.1. The predicted molar refractivity (Wildman–Crippen MR) is 289 cm³/mol. The second kappa shape index (κ2) is 27.9. The maximum atomic E-state index is 14.7. The summed E-state index contributed by atoms with van der Waals surface area (Å²) in [5.74, 6) is -8.04. The van der Waals surface area contributed by atoms with Crippen molar-refractivity contribution in [2.24, 2.45) is 41.4 Å². The third-order valence-electron chi connectivity index (χ3n) is 15.6. The number of hydrogen-bond acceptors (Lipinski definition) is 13. The number of aliphatic hydroxyl groups excluding tert-OH is 1. The third kappa shape index (κ3) is 18.1. The molecule has 0 aromatic carbocycles. The Balaban J connectivity index is 1.76. The molecule has 0 radical (unpaired) electrons. The van der Waals surface area contributed by atoms with Crippen LogP contribution in [0, 0.1) is 41.4 Å². The van der Waals surface area contributed by atoms with Gasteiger partial charge in [0.15, 0.2) is 22.4 Å². The van der Waals surface area contributed by atoms with Crippen molar-refractivity contribution in [3.63, 3.8) is 0 Å². The number of cyclic esters (lactones) is 1. The number of fused-ring (bicyclic) bond motifs is 3. The Morgan fingerprint density at radius 3 is 2.14 bits per heavy atom. The molecule has 2 bridgehead atoms. The highest BCUT2D eigenvalue weighted by molar-refractivity contribution is 6.70. The van der Waals surface area contributed by atoms with E-state index in [-0.39, 0.29) is 66.8 Å². The number of nitrogens with zero attached hydrogens (tertiary/aromatic N) is 1. The molecule has 0 aromatic rings. The van der Waals surface area contributed by atoms with E-state index < -0.39 is 94.9 Å². The molecule has 2 N–H and O–H groups in total. The Morgan fingerprint density at radius 2 is 1.51 bits per heavy atom. The first-order valence-corrected chi connectivity index (χ1v) is 34.2. The number of aliphatic hydroxyl groups is 2. The standard InChI is InChI=1S/C57H95NO13Si2/c1-36-21-17-16-18-22-37(2)49(66-8)33-44-26-24-42(7)57(65,69-44)54(62)55(63)58-28-20-19-23-46(58)56(64)68-50(39(4)31-43-25-27-48(51(32-43)67-9)70-72(10,11)12)34-47(60)38(3)30-41(6)53(71-73(13,14)15)45(35-59)52(61)40(5)29-36/h16-18,21-22,30,36,39-46,48-51,53,59,65H,19-20,23-29,31-35H2,1-15H3/b18-16?,21-17?,37-22?,38-30+. The van der Waals surface area contributed by atoms with Crippen LogP contribution in [0.1, 0.15) is 126 Å². The summed E-state index contributed by atoms with van der Waals surface area (Å²) in [6.45, 7) is 25.5. The fourth-order valence-electron chi connectivity index (χ4n) is 11.4. The van der Waals surface area contributed by atoms with Crippen molar-refractivity contribution < 1.29 is 62.0 Å². The Hall–Kier alpha value is -2.94. The molecule has 2 saturated heterocycles. The van der Waals surface area contributed by atoms with Crippen LogP contribution in [0.3, 0.4) is 0 Å². The number of ketones is 3. The smallest absolute Gasteiger partial charge is 0.329 e. The van der Waals surface area contributed by atoms with E-state index in [4.69, 9.17) is 27.8 Å². The van der Waals surface area contributed by atoms with E-state index >= 15 is 0 Å². The number of piperidine rings is 1. The molecule has 15 unspecified atom stereocenters. The predicted octanol–water partition coefficient (Wildman–Crippen LogP) is 9.49. The van der Waals surface area contributed by atoms with Gasteiger partial charge in [0.05, 0.1) is 43.0 Å². The second-order valence-corrected chi connectivity index (χ2v) is 33.1. The summed E-state index contributed by atoms with van der Waals surface area (Å²) in [6.07, 6.45) is 14.9. The molecule has 14 nitrogen and oxygen atoms in total. The average Bonchev–Trinajstić information content (AvgIpc) is 3.32. The molecule has 3 heterocycles. The highest BCUT2D eigenvalue weighted by atomic mass is 28.4. The van der Waals surface area contributed by atoms with Gasteiger partial charge in [-0.3, -0.25) is 19.2 Å². The van der Waals surface area contributed by atoms with Gasteiger partial charge < -0.3 is 42.9 Å². The molecule has 16 heteroatoms. The number of ether oxygens (including phenoxy) is 4. The van der Waals surface area contributed by atoms with E-state index in [2.05, 4.69) is 19.6 Å². The van der Waals surface area contributed by atoms with Gasteiger partial charge in [0, 0.05) is 51.4 Å². The SMILES string of the molecule is COC1CC2CCC(C)C(O)(O2)C(=O)C(=O)N2CCCCC2C(=O)OC(C(C)CC2CCC(O[Si](C)(C)C)C(OC)C2)CC(=O)/C(C)=C/C(C)C(O[Si](C)(C)C)C(CO)C(=O)C(C)CC(C)C=CC=CC=C1C. The monoisotopic (exact) mass is 1060 g/mol. The van der Waals surface area contributed by atoms with Gasteiger partial charge in [-0.1, -0.05) is 71.1 Å². The molecule has 1 saturated carbocycles. The van der Waals surface area contributed by atoms with E-state index in [1.807, 2.05) is 90.7 Å². The van der Waals surface area contributed by atoms with Gasteiger partial charge in [0.1, 0.15) is 17.9 Å². The lowest BCUT2D eigenvalue weighted by Crippen LogP contribution is -2.61. The Morgan fingerprint density at radius 1 is 0.822 bits per heavy atom. The number of carbonyl (C=O) groups is 5. The van der Waals surface area contributed by atoms with Crippen molar-refractivity contribution >= 4 is 45.9 Å². The van der Waals surface area contributed by atoms with E-state index in [1.165, 1.54) is 4.90 Å². The minimum Gasteiger partial charge on any atom is -0.460 e. The van der Waals surface area contributed by atoms with E-state index in [0.717, 1.165) is 24.8 Å². The highest BCUT2D eigenvalue weighted by Crippen LogP contribution is 2.39. The highest BCUT2D eigenvalue weighted by Gasteiger charge is 2.53. The van der Waals surface area contributed by atoms with Crippen LogP contribution in [0.25, 0.3) is 0 Å². The van der Waals surface area contributed by atoms with Gasteiger partial charge in [0.2, 0.25) is 5.79 Å². The Labute approximate surface area is 440 Å². The van der Waals surface area contributed by atoms with Crippen LogP contribution in [-0.2, 0) is 51.8 Å². The van der Waals surface area contributed by atoms with Crippen molar-refractivity contribution in [1.29, 1.82) is 0 Å². The van der Waals surface area contributed by atoms with Crippen LogP contribution in [0.4, 0.5) is 0 Å². The zero-order valence-corrected chi connectivity index (χ0v) is 49.3. The van der Waals surface area contributed by atoms with Crippen molar-refractivity contribution in [3.05, 3.63) is 47.6 Å². The minimum atomic E-state index is -2.42. The second-order valence-electron chi connectivity index (χ2n) is 24.1. The zero-order valence-electron chi connectivity index (χ0n) is 47.3. The molecule has 4 rings (SSSR count). The number of allylic oxidation sites excluding steroid dienone is 6. The molecule has 1 amide bonds. The maximum absolute atomic E-state index is 14.7. The summed E-state index contributed by atoms with van der Waals surface area (Å²) < 4.78 is 37.8. The molecule has 73 heavy (non-hydrogen) atoms. The Bertz CT molecular complexity index is 1990. The molecular formula is C57H95NO13Si2. The van der Waals surface area contributed by atoms with Crippen LogP contribution in [0.15, 0.2) is 47.6 Å². The number of carbonyl (C=O) groups excluding carboxylic acids is 5. The summed E-state index contributed by atoms with van der Waals surface area (Å²) >= 11 is 0. The normalized spacial score (nSPS) is 36.2. The lowest BCUT2D eigenvalue weighted by molar-refractivity contribution is -0.265. The summed E-state index contributed by atoms with van der Waals surface area (Å²) in [6, 6.07) is -1.13. The number of esters is 1. The molecule has 3 fully saturated rings. The van der Waals surface area contributed by atoms with Gasteiger partial charge >= 0.3 is 5.97 Å². The maximum Gasteiger partial charge on any atom is 0.329 e. The first-order valence-electron chi connectivity index (χ1n) is 27.4. The van der Waals surface area contributed by atoms with Crippen LogP contribution in [-0.4, -0.2) is 137 Å². The zero-order chi connectivity index (χ0) is 54.6. The third-order valence-corrected chi connectivity index (χ3v) is 17.5. The molecular weight excluding hydrogens is 963 g/mol. The van der Waals surface area contributed by atoms with Gasteiger partial charge in [-0.25, -0.2) is 4.79 Å². The van der Waals surface area contributed by atoms with Crippen molar-refractivity contribution in [1.82, 2.24) is 4.90 Å². The summed E-state index contributed by atoms with van der Waals surface area (Å²) in [7, 11) is -0.850. The van der Waals surface area contributed by atoms with Crippen LogP contribution in [0.2, 0.25) is 39.3 Å². The van der Waals surface area contributed by atoms with Crippen molar-refractivity contribution in [2.45, 2.75) is 213 Å². The summed E-state index contributed by atoms with van der Waals surface area (Å²) in [5, 5.41) is 23.0. The number of Topliss-reactive ketones (excluding diaryl/α,β-unsaturated/α-hetero) is 3. The van der Waals surface area contributed by atoms with Crippen molar-refractivity contribution in [2.75, 3.05) is 27.4 Å².